The molecule has 1 aromatic heterocycles. The summed E-state index contributed by atoms with van der Waals surface area (Å²) in [5.74, 6) is 1.45. The zero-order valence-corrected chi connectivity index (χ0v) is 11.7. The van der Waals surface area contributed by atoms with E-state index in [1.165, 1.54) is 0 Å². The summed E-state index contributed by atoms with van der Waals surface area (Å²) in [5.41, 5.74) is 1.09. The number of thioether (sulfide) groups is 1. The number of hydrogen-bond donors (Lipinski definition) is 0. The van der Waals surface area contributed by atoms with Gasteiger partial charge in [-0.05, 0) is 29.8 Å². The molecule has 1 unspecified atom stereocenters. The van der Waals surface area contributed by atoms with E-state index in [4.69, 9.17) is 16.0 Å². The van der Waals surface area contributed by atoms with E-state index in [1.54, 1.807) is 18.0 Å². The van der Waals surface area contributed by atoms with Crippen LogP contribution >= 0.6 is 23.4 Å². The van der Waals surface area contributed by atoms with Gasteiger partial charge in [0.15, 0.2) is 0 Å². The molecule has 5 heteroatoms. The van der Waals surface area contributed by atoms with Gasteiger partial charge in [0.1, 0.15) is 11.1 Å². The molecule has 1 saturated heterocycles. The lowest BCUT2D eigenvalue weighted by Gasteiger charge is -2.23. The van der Waals surface area contributed by atoms with Crippen LogP contribution < -0.4 is 0 Å². The molecule has 1 fully saturated rings. The minimum Gasteiger partial charge on any atom is -0.467 e. The Bertz CT molecular complexity index is 568. The van der Waals surface area contributed by atoms with Gasteiger partial charge >= 0.3 is 0 Å². The molecule has 0 N–H and O–H groups in total. The van der Waals surface area contributed by atoms with Crippen molar-refractivity contribution in [3.8, 4) is 0 Å². The third-order valence-corrected chi connectivity index (χ3v) is 4.54. The molecule has 0 saturated carbocycles. The maximum Gasteiger partial charge on any atom is 0.234 e. The largest absolute Gasteiger partial charge is 0.467 e. The number of carbonyl (C=O) groups excluding carboxylic acids is 1. The summed E-state index contributed by atoms with van der Waals surface area (Å²) in [6.07, 6.45) is 1.63. The smallest absolute Gasteiger partial charge is 0.234 e. The first-order chi connectivity index (χ1) is 9.24. The van der Waals surface area contributed by atoms with Gasteiger partial charge in [0.05, 0.1) is 18.6 Å². The van der Waals surface area contributed by atoms with Crippen molar-refractivity contribution >= 4 is 29.3 Å². The maximum absolute atomic E-state index is 12.0. The zero-order chi connectivity index (χ0) is 13.2. The normalized spacial score (nSPS) is 19.1. The quantitative estimate of drug-likeness (QED) is 0.865. The van der Waals surface area contributed by atoms with E-state index < -0.39 is 0 Å². The number of carbonyl (C=O) groups is 1. The van der Waals surface area contributed by atoms with E-state index in [0.29, 0.717) is 17.3 Å². The summed E-state index contributed by atoms with van der Waals surface area (Å²) in [7, 11) is 0. The van der Waals surface area contributed by atoms with Crippen molar-refractivity contribution in [2.75, 3.05) is 5.75 Å². The Morgan fingerprint density at radius 3 is 2.79 bits per heavy atom. The maximum atomic E-state index is 12.0. The molecule has 98 valence electrons. The standard InChI is InChI=1S/C14H12ClNO2S/c15-11-5-3-10(4-6-11)14-16(13(17)9-19-14)8-12-2-1-7-18-12/h1-7,14H,8-9H2. The Balaban J connectivity index is 1.83. The van der Waals surface area contributed by atoms with Crippen molar-refractivity contribution in [2.45, 2.75) is 11.9 Å². The van der Waals surface area contributed by atoms with E-state index in [1.807, 2.05) is 41.3 Å². The molecule has 19 heavy (non-hydrogen) atoms. The van der Waals surface area contributed by atoms with E-state index in [2.05, 4.69) is 0 Å². The lowest BCUT2D eigenvalue weighted by Crippen LogP contribution is -2.27. The zero-order valence-electron chi connectivity index (χ0n) is 10.1. The van der Waals surface area contributed by atoms with Crippen molar-refractivity contribution in [3.63, 3.8) is 0 Å². The lowest BCUT2D eigenvalue weighted by atomic mass is 10.2. The van der Waals surface area contributed by atoms with E-state index in [-0.39, 0.29) is 11.3 Å². The van der Waals surface area contributed by atoms with Crippen LogP contribution in [0.2, 0.25) is 5.02 Å². The fourth-order valence-electron chi connectivity index (χ4n) is 2.10. The third-order valence-electron chi connectivity index (χ3n) is 3.03. The highest BCUT2D eigenvalue weighted by Crippen LogP contribution is 2.39. The molecule has 2 heterocycles. The molecule has 3 rings (SSSR count). The Labute approximate surface area is 120 Å². The Hall–Kier alpha value is -1.39. The summed E-state index contributed by atoms with van der Waals surface area (Å²) < 4.78 is 5.32. The molecule has 1 amide bonds. The van der Waals surface area contributed by atoms with Crippen LogP contribution in [0.25, 0.3) is 0 Å². The second kappa shape index (κ2) is 5.31. The monoisotopic (exact) mass is 293 g/mol. The van der Waals surface area contributed by atoms with Crippen LogP contribution in [0.15, 0.2) is 47.1 Å². The molecule has 3 nitrogen and oxygen atoms in total. The number of benzene rings is 1. The van der Waals surface area contributed by atoms with Crippen molar-refractivity contribution in [1.29, 1.82) is 0 Å². The Kier molecular flexibility index (Phi) is 3.53. The van der Waals surface area contributed by atoms with Gasteiger partial charge in [0, 0.05) is 5.02 Å². The van der Waals surface area contributed by atoms with E-state index >= 15 is 0 Å². The van der Waals surface area contributed by atoms with Crippen LogP contribution in [0, 0.1) is 0 Å². The third kappa shape index (κ3) is 2.65. The first-order valence-corrected chi connectivity index (χ1v) is 7.35. The molecule has 0 radical (unpaired) electrons. The number of nitrogens with zero attached hydrogens (tertiary/aromatic N) is 1. The van der Waals surface area contributed by atoms with Crippen LogP contribution in [-0.2, 0) is 11.3 Å². The van der Waals surface area contributed by atoms with E-state index in [0.717, 1.165) is 11.3 Å². The molecule has 1 atom stereocenters. The van der Waals surface area contributed by atoms with Crippen LogP contribution in [0.1, 0.15) is 16.7 Å². The number of halogens is 1. The number of rotatable bonds is 3. The molecule has 1 aliphatic heterocycles. The molecule has 0 aliphatic carbocycles. The molecule has 0 bridgehead atoms. The predicted molar refractivity (Wildman–Crippen MR) is 75.9 cm³/mol. The minimum atomic E-state index is 0.0369. The summed E-state index contributed by atoms with van der Waals surface area (Å²) in [4.78, 5) is 13.8. The SMILES string of the molecule is O=C1CSC(c2ccc(Cl)cc2)N1Cc1ccco1. The summed E-state index contributed by atoms with van der Waals surface area (Å²) in [5, 5.41) is 0.741. The first-order valence-electron chi connectivity index (χ1n) is 5.93. The van der Waals surface area contributed by atoms with Gasteiger partial charge in [0.2, 0.25) is 5.91 Å². The van der Waals surface area contributed by atoms with Crippen LogP contribution in [0.5, 0.6) is 0 Å². The van der Waals surface area contributed by atoms with Gasteiger partial charge in [-0.2, -0.15) is 0 Å². The van der Waals surface area contributed by atoms with Gasteiger partial charge < -0.3 is 9.32 Å². The Morgan fingerprint density at radius 2 is 2.11 bits per heavy atom. The van der Waals surface area contributed by atoms with Gasteiger partial charge in [0.25, 0.3) is 0 Å². The van der Waals surface area contributed by atoms with Crippen molar-refractivity contribution in [3.05, 3.63) is 59.0 Å². The van der Waals surface area contributed by atoms with Crippen molar-refractivity contribution in [1.82, 2.24) is 4.90 Å². The molecule has 1 aromatic carbocycles. The highest BCUT2D eigenvalue weighted by Gasteiger charge is 2.33. The second-order valence-corrected chi connectivity index (χ2v) is 5.82. The minimum absolute atomic E-state index is 0.0369. The number of amides is 1. The van der Waals surface area contributed by atoms with Gasteiger partial charge in [-0.25, -0.2) is 0 Å². The average Bonchev–Trinajstić information content (AvgIpc) is 3.03. The molecule has 2 aromatic rings. The highest BCUT2D eigenvalue weighted by atomic mass is 35.5. The molecular weight excluding hydrogens is 282 g/mol. The van der Waals surface area contributed by atoms with Crippen LogP contribution in [0.3, 0.4) is 0 Å². The predicted octanol–water partition coefficient (Wildman–Crippen LogP) is 3.71. The van der Waals surface area contributed by atoms with Gasteiger partial charge in [-0.3, -0.25) is 4.79 Å². The molecule has 1 aliphatic rings. The fourth-order valence-corrected chi connectivity index (χ4v) is 3.41. The first kappa shape index (κ1) is 12.6. The summed E-state index contributed by atoms with van der Waals surface area (Å²) in [6.45, 7) is 0.506. The van der Waals surface area contributed by atoms with Crippen molar-refractivity contribution in [2.24, 2.45) is 0 Å². The summed E-state index contributed by atoms with van der Waals surface area (Å²) >= 11 is 7.53. The fraction of sp³-hybridized carbons (Fsp3) is 0.214. The average molecular weight is 294 g/mol. The number of furan rings is 1. The van der Waals surface area contributed by atoms with Crippen LogP contribution in [-0.4, -0.2) is 16.6 Å². The van der Waals surface area contributed by atoms with Gasteiger partial charge in [-0.1, -0.05) is 23.7 Å². The molecule has 0 spiro atoms. The highest BCUT2D eigenvalue weighted by molar-refractivity contribution is 8.00. The lowest BCUT2D eigenvalue weighted by molar-refractivity contribution is -0.128. The summed E-state index contributed by atoms with van der Waals surface area (Å²) in [6, 6.07) is 11.4. The molecular formula is C14H12ClNO2S. The van der Waals surface area contributed by atoms with Crippen LogP contribution in [0.4, 0.5) is 0 Å². The topological polar surface area (TPSA) is 33.5 Å². The second-order valence-electron chi connectivity index (χ2n) is 4.32. The number of hydrogen-bond acceptors (Lipinski definition) is 3. The Morgan fingerprint density at radius 1 is 1.32 bits per heavy atom. The van der Waals surface area contributed by atoms with Gasteiger partial charge in [-0.15, -0.1) is 11.8 Å². The van der Waals surface area contributed by atoms with E-state index in [9.17, 15) is 4.79 Å². The van der Waals surface area contributed by atoms with Crippen molar-refractivity contribution < 1.29 is 9.21 Å².